The average molecular weight is 368 g/mol. The molecule has 0 aliphatic heterocycles. The number of unbranched alkanes of at least 4 members (excludes halogenated alkanes) is 1. The SMILES string of the molecule is CN=C(NCCCCC(C)(C)C)NCc1ccc(S(C)(=O)=O)c(C)c1. The second-order valence-electron chi connectivity index (χ2n) is 7.74. The smallest absolute Gasteiger partial charge is 0.191 e. The molecule has 0 spiro atoms. The van der Waals surface area contributed by atoms with Crippen LogP contribution < -0.4 is 10.6 Å². The Morgan fingerprint density at radius 1 is 1.16 bits per heavy atom. The van der Waals surface area contributed by atoms with E-state index in [-0.39, 0.29) is 0 Å². The van der Waals surface area contributed by atoms with Crippen LogP contribution in [0.4, 0.5) is 0 Å². The molecule has 0 saturated heterocycles. The molecule has 0 amide bonds. The summed E-state index contributed by atoms with van der Waals surface area (Å²) in [4.78, 5) is 4.61. The van der Waals surface area contributed by atoms with Crippen molar-refractivity contribution < 1.29 is 8.42 Å². The van der Waals surface area contributed by atoms with Gasteiger partial charge in [-0.3, -0.25) is 4.99 Å². The summed E-state index contributed by atoms with van der Waals surface area (Å²) in [7, 11) is -1.42. The van der Waals surface area contributed by atoms with E-state index < -0.39 is 9.84 Å². The Morgan fingerprint density at radius 3 is 2.36 bits per heavy atom. The highest BCUT2D eigenvalue weighted by atomic mass is 32.2. The number of nitrogens with zero attached hydrogens (tertiary/aromatic N) is 1. The number of hydrogen-bond acceptors (Lipinski definition) is 3. The summed E-state index contributed by atoms with van der Waals surface area (Å²) in [6.07, 6.45) is 4.76. The van der Waals surface area contributed by atoms with Gasteiger partial charge in [0.1, 0.15) is 0 Å². The number of aliphatic imine (C=N–C) groups is 1. The van der Waals surface area contributed by atoms with Crippen LogP contribution >= 0.6 is 0 Å². The van der Waals surface area contributed by atoms with E-state index in [0.29, 0.717) is 16.9 Å². The Morgan fingerprint density at radius 2 is 1.84 bits per heavy atom. The molecule has 0 saturated carbocycles. The molecule has 0 fully saturated rings. The molecule has 1 aromatic rings. The highest BCUT2D eigenvalue weighted by molar-refractivity contribution is 7.90. The predicted molar refractivity (Wildman–Crippen MR) is 106 cm³/mol. The van der Waals surface area contributed by atoms with E-state index >= 15 is 0 Å². The maximum atomic E-state index is 11.7. The molecule has 0 bridgehead atoms. The lowest BCUT2D eigenvalue weighted by Crippen LogP contribution is -2.37. The minimum Gasteiger partial charge on any atom is -0.356 e. The molecule has 1 aromatic carbocycles. The van der Waals surface area contributed by atoms with Crippen molar-refractivity contribution in [2.24, 2.45) is 10.4 Å². The van der Waals surface area contributed by atoms with E-state index in [1.165, 1.54) is 19.1 Å². The topological polar surface area (TPSA) is 70.6 Å². The van der Waals surface area contributed by atoms with Gasteiger partial charge in [0.05, 0.1) is 4.90 Å². The van der Waals surface area contributed by atoms with E-state index in [2.05, 4.69) is 36.4 Å². The first-order valence-electron chi connectivity index (χ1n) is 8.77. The molecule has 142 valence electrons. The fraction of sp³-hybridized carbons (Fsp3) is 0.632. The molecule has 6 heteroatoms. The van der Waals surface area contributed by atoms with Crippen LogP contribution in [0.15, 0.2) is 28.1 Å². The lowest BCUT2D eigenvalue weighted by Gasteiger charge is -2.18. The van der Waals surface area contributed by atoms with Crippen LogP contribution in [0, 0.1) is 12.3 Å². The summed E-state index contributed by atoms with van der Waals surface area (Å²) >= 11 is 0. The van der Waals surface area contributed by atoms with Gasteiger partial charge in [0.25, 0.3) is 0 Å². The van der Waals surface area contributed by atoms with Crippen molar-refractivity contribution in [1.82, 2.24) is 10.6 Å². The summed E-state index contributed by atoms with van der Waals surface area (Å²) in [6, 6.07) is 5.41. The van der Waals surface area contributed by atoms with Crippen molar-refractivity contribution in [2.75, 3.05) is 19.8 Å². The minimum absolute atomic E-state index is 0.385. The van der Waals surface area contributed by atoms with Gasteiger partial charge in [0.2, 0.25) is 0 Å². The van der Waals surface area contributed by atoms with Crippen molar-refractivity contribution in [2.45, 2.75) is 58.4 Å². The van der Waals surface area contributed by atoms with Crippen LogP contribution in [0.2, 0.25) is 0 Å². The van der Waals surface area contributed by atoms with Crippen molar-refractivity contribution in [3.8, 4) is 0 Å². The molecule has 0 aliphatic rings. The van der Waals surface area contributed by atoms with Gasteiger partial charge < -0.3 is 10.6 Å². The summed E-state index contributed by atoms with van der Waals surface area (Å²) in [5.74, 6) is 0.764. The first-order valence-corrected chi connectivity index (χ1v) is 10.7. The van der Waals surface area contributed by atoms with E-state index in [9.17, 15) is 8.42 Å². The van der Waals surface area contributed by atoms with Crippen LogP contribution in [-0.4, -0.2) is 34.2 Å². The highest BCUT2D eigenvalue weighted by Crippen LogP contribution is 2.21. The standard InChI is InChI=1S/C19H33N3O2S/c1-15-13-16(9-10-17(15)25(6,23)24)14-22-18(20-5)21-12-8-7-11-19(2,3)4/h9-10,13H,7-8,11-12,14H2,1-6H3,(H2,20,21,22). The Labute approximate surface area is 153 Å². The van der Waals surface area contributed by atoms with Crippen molar-refractivity contribution in [1.29, 1.82) is 0 Å². The lowest BCUT2D eigenvalue weighted by atomic mass is 9.90. The summed E-state index contributed by atoms with van der Waals surface area (Å²) < 4.78 is 23.3. The number of aryl methyl sites for hydroxylation is 1. The van der Waals surface area contributed by atoms with Crippen molar-refractivity contribution in [3.63, 3.8) is 0 Å². The monoisotopic (exact) mass is 367 g/mol. The molecule has 1 rings (SSSR count). The van der Waals surface area contributed by atoms with Crippen LogP contribution in [0.1, 0.15) is 51.2 Å². The lowest BCUT2D eigenvalue weighted by molar-refractivity contribution is 0.360. The second kappa shape index (κ2) is 9.22. The number of nitrogens with one attached hydrogen (secondary N) is 2. The molecular weight excluding hydrogens is 334 g/mol. The zero-order valence-electron chi connectivity index (χ0n) is 16.4. The molecule has 25 heavy (non-hydrogen) atoms. The zero-order valence-corrected chi connectivity index (χ0v) is 17.3. The van der Waals surface area contributed by atoms with Crippen molar-refractivity contribution >= 4 is 15.8 Å². The molecule has 0 unspecified atom stereocenters. The number of hydrogen-bond donors (Lipinski definition) is 2. The third-order valence-corrected chi connectivity index (χ3v) is 5.23. The largest absolute Gasteiger partial charge is 0.356 e. The molecule has 0 aliphatic carbocycles. The van der Waals surface area contributed by atoms with Crippen LogP contribution in [0.5, 0.6) is 0 Å². The number of sulfone groups is 1. The Hall–Kier alpha value is -1.56. The van der Waals surface area contributed by atoms with Crippen LogP contribution in [-0.2, 0) is 16.4 Å². The third-order valence-electron chi connectivity index (χ3n) is 3.97. The van der Waals surface area contributed by atoms with Gasteiger partial charge in [0, 0.05) is 26.4 Å². The second-order valence-corrected chi connectivity index (χ2v) is 9.73. The predicted octanol–water partition coefficient (Wildman–Crippen LogP) is 3.28. The third kappa shape index (κ3) is 8.38. The van der Waals surface area contributed by atoms with Crippen LogP contribution in [0.25, 0.3) is 0 Å². The van der Waals surface area contributed by atoms with E-state index in [0.717, 1.165) is 30.1 Å². The maximum Gasteiger partial charge on any atom is 0.191 e. The number of rotatable bonds is 7. The number of guanidine groups is 1. The van der Waals surface area contributed by atoms with E-state index in [1.807, 2.05) is 19.1 Å². The van der Waals surface area contributed by atoms with Crippen molar-refractivity contribution in [3.05, 3.63) is 29.3 Å². The van der Waals surface area contributed by atoms with E-state index in [4.69, 9.17) is 0 Å². The fourth-order valence-electron chi connectivity index (χ4n) is 2.63. The summed E-state index contributed by atoms with van der Waals surface area (Å²) in [5, 5.41) is 6.59. The summed E-state index contributed by atoms with van der Waals surface area (Å²) in [6.45, 7) is 10.1. The quantitative estimate of drug-likeness (QED) is 0.441. The van der Waals surface area contributed by atoms with Gasteiger partial charge in [-0.15, -0.1) is 0 Å². The van der Waals surface area contributed by atoms with Gasteiger partial charge in [-0.2, -0.15) is 0 Å². The van der Waals surface area contributed by atoms with Gasteiger partial charge in [-0.1, -0.05) is 39.3 Å². The molecule has 0 heterocycles. The fourth-order valence-corrected chi connectivity index (χ4v) is 3.59. The van der Waals surface area contributed by atoms with E-state index in [1.54, 1.807) is 13.1 Å². The molecule has 0 aromatic heterocycles. The molecule has 0 radical (unpaired) electrons. The molecule has 2 N–H and O–H groups in total. The molecule has 0 atom stereocenters. The van der Waals surface area contributed by atoms with Gasteiger partial charge in [0.15, 0.2) is 15.8 Å². The average Bonchev–Trinajstić information content (AvgIpc) is 2.47. The van der Waals surface area contributed by atoms with Gasteiger partial charge >= 0.3 is 0 Å². The minimum atomic E-state index is -3.17. The summed E-state index contributed by atoms with van der Waals surface area (Å²) in [5.41, 5.74) is 2.18. The Balaban J connectivity index is 2.46. The highest BCUT2D eigenvalue weighted by Gasteiger charge is 2.11. The molecule has 5 nitrogen and oxygen atoms in total. The zero-order chi connectivity index (χ0) is 19.1. The molecular formula is C19H33N3O2S. The first kappa shape index (κ1) is 21.5. The van der Waals surface area contributed by atoms with Crippen LogP contribution in [0.3, 0.4) is 0 Å². The maximum absolute atomic E-state index is 11.7. The van der Waals surface area contributed by atoms with Gasteiger partial charge in [-0.25, -0.2) is 8.42 Å². The Bertz CT molecular complexity index is 689. The normalized spacial score (nSPS) is 13.0. The first-order chi connectivity index (χ1) is 11.5. The van der Waals surface area contributed by atoms with Gasteiger partial charge in [-0.05, 0) is 42.4 Å². The number of benzene rings is 1. The Kier molecular flexibility index (Phi) is 7.93.